The smallest absolute Gasteiger partial charge is 0.0241 e. The van der Waals surface area contributed by atoms with Crippen molar-refractivity contribution in [1.82, 2.24) is 0 Å². The molecule has 0 aromatic heterocycles. The van der Waals surface area contributed by atoms with Crippen molar-refractivity contribution in [3.05, 3.63) is 5.92 Å². The van der Waals surface area contributed by atoms with E-state index < -0.39 is 0 Å². The van der Waals surface area contributed by atoms with E-state index in [2.05, 4.69) is 27.7 Å². The van der Waals surface area contributed by atoms with Gasteiger partial charge in [-0.1, -0.05) is 47.0 Å². The van der Waals surface area contributed by atoms with Crippen LogP contribution < -0.4 is 0 Å². The average molecular weight is 169 g/mol. The molecule has 0 saturated heterocycles. The highest BCUT2D eigenvalue weighted by molar-refractivity contribution is 4.89. The minimum atomic E-state index is 0.950. The summed E-state index contributed by atoms with van der Waals surface area (Å²) >= 11 is 0. The Morgan fingerprint density at radius 3 is 1.92 bits per heavy atom. The molecule has 0 bridgehead atoms. The van der Waals surface area contributed by atoms with E-state index in [1.807, 2.05) is 0 Å². The van der Waals surface area contributed by atoms with Crippen LogP contribution >= 0.6 is 0 Å². The molecule has 0 unspecified atom stereocenters. The van der Waals surface area contributed by atoms with Gasteiger partial charge in [0.25, 0.3) is 0 Å². The summed E-state index contributed by atoms with van der Waals surface area (Å²) < 4.78 is 0. The lowest BCUT2D eigenvalue weighted by molar-refractivity contribution is 0.442. The van der Waals surface area contributed by atoms with Crippen molar-refractivity contribution in [3.63, 3.8) is 0 Å². The Balaban J connectivity index is 3.65. The molecular formula is C12H25. The molecule has 0 fully saturated rings. The summed E-state index contributed by atoms with van der Waals surface area (Å²) in [7, 11) is 0. The third kappa shape index (κ3) is 4.79. The normalized spacial score (nSPS) is 11.5. The predicted molar refractivity (Wildman–Crippen MR) is 57.1 cm³/mol. The standard InChI is InChI=1S/C12H25/c1-5-9-12(8-4)10-11(6-2)7-3/h11H,5-10H2,1-4H3. The predicted octanol–water partition coefficient (Wildman–Crippen LogP) is 4.60. The van der Waals surface area contributed by atoms with E-state index in [4.69, 9.17) is 0 Å². The fourth-order valence-electron chi connectivity index (χ4n) is 1.76. The largest absolute Gasteiger partial charge is 0.0654 e. The maximum absolute atomic E-state index is 2.31. The molecule has 0 amide bonds. The van der Waals surface area contributed by atoms with Gasteiger partial charge in [-0.05, 0) is 31.1 Å². The van der Waals surface area contributed by atoms with Gasteiger partial charge in [0.05, 0.1) is 0 Å². The SMILES string of the molecule is CCC[C](CC)CC(CC)CC. The second-order valence-corrected chi connectivity index (χ2v) is 3.74. The third-order valence-corrected chi connectivity index (χ3v) is 2.84. The second-order valence-electron chi connectivity index (χ2n) is 3.74. The highest BCUT2D eigenvalue weighted by Gasteiger charge is 2.11. The molecule has 0 aliphatic rings. The van der Waals surface area contributed by atoms with Gasteiger partial charge in [-0.25, -0.2) is 0 Å². The van der Waals surface area contributed by atoms with Crippen molar-refractivity contribution in [2.75, 3.05) is 0 Å². The second kappa shape index (κ2) is 7.64. The summed E-state index contributed by atoms with van der Waals surface area (Å²) in [5.74, 6) is 2.73. The molecule has 0 aromatic carbocycles. The van der Waals surface area contributed by atoms with Gasteiger partial charge in [0, 0.05) is 0 Å². The molecule has 0 heteroatoms. The minimum Gasteiger partial charge on any atom is -0.0654 e. The van der Waals surface area contributed by atoms with Gasteiger partial charge in [0.2, 0.25) is 0 Å². The molecule has 0 rings (SSSR count). The lowest BCUT2D eigenvalue weighted by atomic mass is 9.87. The molecule has 0 aromatic rings. The quantitative estimate of drug-likeness (QED) is 0.522. The van der Waals surface area contributed by atoms with Crippen molar-refractivity contribution in [2.24, 2.45) is 5.92 Å². The van der Waals surface area contributed by atoms with Crippen LogP contribution in [-0.2, 0) is 0 Å². The summed E-state index contributed by atoms with van der Waals surface area (Å²) in [5, 5.41) is 0. The first-order valence-corrected chi connectivity index (χ1v) is 5.61. The fourth-order valence-corrected chi connectivity index (χ4v) is 1.76. The summed E-state index contributed by atoms with van der Waals surface area (Å²) in [6.07, 6.45) is 8.06. The molecule has 0 nitrogen and oxygen atoms in total. The van der Waals surface area contributed by atoms with Crippen LogP contribution in [0, 0.1) is 11.8 Å². The summed E-state index contributed by atoms with van der Waals surface area (Å²) in [4.78, 5) is 0. The monoisotopic (exact) mass is 169 g/mol. The molecule has 0 spiro atoms. The van der Waals surface area contributed by atoms with E-state index in [9.17, 15) is 0 Å². The zero-order valence-corrected chi connectivity index (χ0v) is 9.32. The van der Waals surface area contributed by atoms with Crippen LogP contribution in [0.4, 0.5) is 0 Å². The first-order chi connectivity index (χ1) is 5.78. The van der Waals surface area contributed by atoms with Crippen LogP contribution in [-0.4, -0.2) is 0 Å². The van der Waals surface area contributed by atoms with Gasteiger partial charge < -0.3 is 0 Å². The number of hydrogen-bond acceptors (Lipinski definition) is 0. The molecule has 0 aliphatic carbocycles. The molecule has 1 radical (unpaired) electrons. The zero-order valence-electron chi connectivity index (χ0n) is 9.32. The fraction of sp³-hybridized carbons (Fsp3) is 0.917. The number of rotatable bonds is 7. The molecule has 0 saturated carbocycles. The van der Waals surface area contributed by atoms with E-state index in [0.717, 1.165) is 5.92 Å². The van der Waals surface area contributed by atoms with E-state index in [-0.39, 0.29) is 0 Å². The van der Waals surface area contributed by atoms with Crippen molar-refractivity contribution >= 4 is 0 Å². The lowest BCUT2D eigenvalue weighted by Gasteiger charge is -2.19. The number of hydrogen-bond donors (Lipinski definition) is 0. The van der Waals surface area contributed by atoms with Crippen LogP contribution in [0.25, 0.3) is 0 Å². The van der Waals surface area contributed by atoms with Gasteiger partial charge in [0.15, 0.2) is 0 Å². The van der Waals surface area contributed by atoms with Crippen LogP contribution in [0.5, 0.6) is 0 Å². The van der Waals surface area contributed by atoms with Crippen molar-refractivity contribution in [3.8, 4) is 0 Å². The summed E-state index contributed by atoms with van der Waals surface area (Å²) in [6.45, 7) is 9.21. The Kier molecular flexibility index (Phi) is 7.64. The van der Waals surface area contributed by atoms with E-state index >= 15 is 0 Å². The first kappa shape index (κ1) is 12.0. The maximum atomic E-state index is 2.31. The van der Waals surface area contributed by atoms with Gasteiger partial charge in [0.1, 0.15) is 0 Å². The Labute approximate surface area is 78.8 Å². The Morgan fingerprint density at radius 1 is 1.00 bits per heavy atom. The van der Waals surface area contributed by atoms with Gasteiger partial charge >= 0.3 is 0 Å². The molecule has 12 heavy (non-hydrogen) atoms. The Bertz CT molecular complexity index is 82.0. The highest BCUT2D eigenvalue weighted by Crippen LogP contribution is 2.26. The van der Waals surface area contributed by atoms with Crippen molar-refractivity contribution < 1.29 is 0 Å². The van der Waals surface area contributed by atoms with Crippen LogP contribution in [0.1, 0.15) is 66.2 Å². The van der Waals surface area contributed by atoms with Crippen molar-refractivity contribution in [1.29, 1.82) is 0 Å². The van der Waals surface area contributed by atoms with Crippen LogP contribution in [0.3, 0.4) is 0 Å². The molecule has 0 N–H and O–H groups in total. The van der Waals surface area contributed by atoms with Crippen molar-refractivity contribution in [2.45, 2.75) is 66.2 Å². The van der Waals surface area contributed by atoms with E-state index in [1.165, 1.54) is 38.5 Å². The summed E-state index contributed by atoms with van der Waals surface area (Å²) in [6, 6.07) is 0. The van der Waals surface area contributed by atoms with Gasteiger partial charge in [-0.2, -0.15) is 0 Å². The van der Waals surface area contributed by atoms with Gasteiger partial charge in [-0.3, -0.25) is 0 Å². The zero-order chi connectivity index (χ0) is 9.40. The maximum Gasteiger partial charge on any atom is -0.0241 e. The first-order valence-electron chi connectivity index (χ1n) is 5.61. The van der Waals surface area contributed by atoms with E-state index in [0.29, 0.717) is 0 Å². The molecule has 0 aliphatic heterocycles. The Morgan fingerprint density at radius 2 is 1.58 bits per heavy atom. The molecular weight excluding hydrogens is 144 g/mol. The minimum absolute atomic E-state index is 0.950. The average Bonchev–Trinajstić information content (AvgIpc) is 2.12. The molecule has 0 atom stereocenters. The van der Waals surface area contributed by atoms with Gasteiger partial charge in [-0.15, -0.1) is 0 Å². The topological polar surface area (TPSA) is 0 Å². The Hall–Kier alpha value is 0. The highest BCUT2D eigenvalue weighted by atomic mass is 14.2. The van der Waals surface area contributed by atoms with Crippen LogP contribution in [0.2, 0.25) is 0 Å². The molecule has 73 valence electrons. The lowest BCUT2D eigenvalue weighted by Crippen LogP contribution is -2.05. The van der Waals surface area contributed by atoms with Crippen LogP contribution in [0.15, 0.2) is 0 Å². The summed E-state index contributed by atoms with van der Waals surface area (Å²) in [5.41, 5.74) is 0. The van der Waals surface area contributed by atoms with E-state index in [1.54, 1.807) is 5.92 Å². The third-order valence-electron chi connectivity index (χ3n) is 2.84. The molecule has 0 heterocycles.